The average Bonchev–Trinajstić information content (AvgIpc) is 3.26. The summed E-state index contributed by atoms with van der Waals surface area (Å²) in [4.78, 5) is 0. The van der Waals surface area contributed by atoms with Crippen LogP contribution >= 0.6 is 22.9 Å². The summed E-state index contributed by atoms with van der Waals surface area (Å²) in [5.74, 6) is 1.21. The van der Waals surface area contributed by atoms with Crippen LogP contribution in [0.15, 0.2) is 78.9 Å². The minimum Gasteiger partial charge on any atom is -0.484 e. The zero-order chi connectivity index (χ0) is 18.0. The van der Waals surface area contributed by atoms with Crippen molar-refractivity contribution in [2.75, 3.05) is 0 Å². The van der Waals surface area contributed by atoms with E-state index in [2.05, 4.69) is 72.8 Å². The van der Waals surface area contributed by atoms with Crippen molar-refractivity contribution in [1.82, 2.24) is 0 Å². The fraction of sp³-hybridized carbons (Fsp3) is 0.0833. The first-order valence-electron chi connectivity index (χ1n) is 9.05. The van der Waals surface area contributed by atoms with Gasteiger partial charge in [0.15, 0.2) is 0 Å². The van der Waals surface area contributed by atoms with E-state index in [1.165, 1.54) is 31.3 Å². The van der Waals surface area contributed by atoms with Crippen molar-refractivity contribution < 1.29 is 4.74 Å². The van der Waals surface area contributed by atoms with Gasteiger partial charge in [-0.05, 0) is 24.3 Å². The van der Waals surface area contributed by atoms with Crippen molar-refractivity contribution in [2.24, 2.45) is 0 Å². The van der Waals surface area contributed by atoms with E-state index in [1.54, 1.807) is 0 Å². The van der Waals surface area contributed by atoms with Crippen LogP contribution in [0.4, 0.5) is 0 Å². The first-order chi connectivity index (χ1) is 13.3. The molecule has 0 saturated heterocycles. The average molecular weight is 387 g/mol. The van der Waals surface area contributed by atoms with Crippen molar-refractivity contribution in [1.29, 1.82) is 0 Å². The second-order valence-corrected chi connectivity index (χ2v) is 8.52. The Labute approximate surface area is 166 Å². The second kappa shape index (κ2) is 5.72. The van der Waals surface area contributed by atoms with E-state index in [4.69, 9.17) is 16.3 Å². The van der Waals surface area contributed by atoms with Crippen molar-refractivity contribution in [2.45, 2.75) is 12.0 Å². The van der Waals surface area contributed by atoms with E-state index in [0.717, 1.165) is 16.3 Å². The summed E-state index contributed by atoms with van der Waals surface area (Å²) in [7, 11) is 0. The molecule has 3 aromatic carbocycles. The van der Waals surface area contributed by atoms with Gasteiger partial charge in [0.1, 0.15) is 11.9 Å². The van der Waals surface area contributed by atoms with Crippen LogP contribution in [0.3, 0.4) is 0 Å². The topological polar surface area (TPSA) is 9.23 Å². The predicted molar refractivity (Wildman–Crippen MR) is 115 cm³/mol. The standard InChI is InChI=1S/C24H15ClOS/c25-14-12-19-15-6-1-3-10-21(15)26-23(19)20(13-14)18-9-5-8-17-16-7-2-4-11-22(16)27-24(17)18/h1-13,15,21H. The highest BCUT2D eigenvalue weighted by Gasteiger charge is 2.34. The summed E-state index contributed by atoms with van der Waals surface area (Å²) in [6.45, 7) is 0. The molecule has 0 bridgehead atoms. The fourth-order valence-corrected chi connectivity index (χ4v) is 5.73. The smallest absolute Gasteiger partial charge is 0.132 e. The SMILES string of the molecule is Clc1cc(-c2cccc3c2sc2ccccc23)c2c(c1)C1C=CC=CC1O2. The molecule has 0 saturated carbocycles. The number of ether oxygens (including phenoxy) is 1. The quantitative estimate of drug-likeness (QED) is 0.332. The van der Waals surface area contributed by atoms with Crippen LogP contribution in [-0.2, 0) is 0 Å². The lowest BCUT2D eigenvalue weighted by Crippen LogP contribution is -2.15. The van der Waals surface area contributed by atoms with Crippen molar-refractivity contribution in [3.63, 3.8) is 0 Å². The van der Waals surface area contributed by atoms with E-state index >= 15 is 0 Å². The molecule has 0 fully saturated rings. The minimum absolute atomic E-state index is 0.0591. The van der Waals surface area contributed by atoms with Crippen LogP contribution < -0.4 is 4.74 Å². The molecule has 0 radical (unpaired) electrons. The summed E-state index contributed by atoms with van der Waals surface area (Å²) < 4.78 is 8.97. The Balaban J connectivity index is 1.65. The summed E-state index contributed by atoms with van der Waals surface area (Å²) in [5, 5.41) is 3.35. The first kappa shape index (κ1) is 15.5. The maximum absolute atomic E-state index is 6.55. The summed E-state index contributed by atoms with van der Waals surface area (Å²) in [6.07, 6.45) is 8.54. The molecule has 2 atom stereocenters. The number of rotatable bonds is 1. The highest BCUT2D eigenvalue weighted by Crippen LogP contribution is 2.50. The molecule has 130 valence electrons. The third-order valence-corrected chi connectivity index (χ3v) is 6.91. The number of fused-ring (bicyclic) bond motifs is 6. The van der Waals surface area contributed by atoms with Crippen LogP contribution in [0.1, 0.15) is 11.5 Å². The predicted octanol–water partition coefficient (Wildman–Crippen LogP) is 7.35. The zero-order valence-electron chi connectivity index (χ0n) is 14.4. The number of allylic oxidation sites excluding steroid dienone is 2. The molecule has 2 aliphatic rings. The Morgan fingerprint density at radius 2 is 1.70 bits per heavy atom. The third-order valence-electron chi connectivity index (χ3n) is 5.47. The van der Waals surface area contributed by atoms with Crippen LogP contribution in [0.2, 0.25) is 5.02 Å². The number of benzene rings is 3. The highest BCUT2D eigenvalue weighted by molar-refractivity contribution is 7.26. The molecule has 27 heavy (non-hydrogen) atoms. The monoisotopic (exact) mass is 386 g/mol. The van der Waals surface area contributed by atoms with Gasteiger partial charge in [0.05, 0.1) is 0 Å². The van der Waals surface area contributed by atoms with E-state index < -0.39 is 0 Å². The molecule has 0 amide bonds. The highest BCUT2D eigenvalue weighted by atomic mass is 35.5. The van der Waals surface area contributed by atoms with Crippen LogP contribution in [0, 0.1) is 0 Å². The van der Waals surface area contributed by atoms with Gasteiger partial charge in [-0.2, -0.15) is 0 Å². The second-order valence-electron chi connectivity index (χ2n) is 7.03. The molecule has 1 aliphatic carbocycles. The number of hydrogen-bond donors (Lipinski definition) is 0. The van der Waals surface area contributed by atoms with Gasteiger partial charge in [-0.1, -0.05) is 66.2 Å². The van der Waals surface area contributed by atoms with E-state index in [-0.39, 0.29) is 12.0 Å². The Morgan fingerprint density at radius 3 is 2.67 bits per heavy atom. The van der Waals surface area contributed by atoms with Crippen LogP contribution in [-0.4, -0.2) is 6.10 Å². The summed E-state index contributed by atoms with van der Waals surface area (Å²) in [5.41, 5.74) is 3.46. The largest absolute Gasteiger partial charge is 0.484 e. The molecule has 6 rings (SSSR count). The Morgan fingerprint density at radius 1 is 0.852 bits per heavy atom. The van der Waals surface area contributed by atoms with Gasteiger partial charge >= 0.3 is 0 Å². The summed E-state index contributed by atoms with van der Waals surface area (Å²) in [6, 6.07) is 19.2. The normalized spacial score (nSPS) is 20.0. The van der Waals surface area contributed by atoms with Gasteiger partial charge in [-0.3, -0.25) is 0 Å². The molecular weight excluding hydrogens is 372 g/mol. The molecule has 3 heteroatoms. The Hall–Kier alpha value is -2.55. The van der Waals surface area contributed by atoms with E-state index in [0.29, 0.717) is 0 Å². The molecule has 0 N–H and O–H groups in total. The maximum atomic E-state index is 6.55. The van der Waals surface area contributed by atoms with Crippen molar-refractivity contribution in [3.8, 4) is 16.9 Å². The molecule has 1 aliphatic heterocycles. The number of thiophene rings is 1. The lowest BCUT2D eigenvalue weighted by atomic mass is 9.90. The van der Waals surface area contributed by atoms with Gasteiger partial charge in [0, 0.05) is 47.8 Å². The summed E-state index contributed by atoms with van der Waals surface area (Å²) >= 11 is 8.38. The van der Waals surface area contributed by atoms with Gasteiger partial charge in [0.2, 0.25) is 0 Å². The van der Waals surface area contributed by atoms with E-state index in [1.807, 2.05) is 17.4 Å². The number of halogens is 1. The first-order valence-corrected chi connectivity index (χ1v) is 10.2. The lowest BCUT2D eigenvalue weighted by molar-refractivity contribution is 0.270. The maximum Gasteiger partial charge on any atom is 0.132 e. The molecule has 1 aromatic heterocycles. The van der Waals surface area contributed by atoms with Crippen molar-refractivity contribution >= 4 is 43.1 Å². The molecule has 4 aromatic rings. The zero-order valence-corrected chi connectivity index (χ0v) is 15.9. The van der Waals surface area contributed by atoms with Gasteiger partial charge < -0.3 is 4.74 Å². The van der Waals surface area contributed by atoms with Crippen LogP contribution in [0.25, 0.3) is 31.3 Å². The fourth-order valence-electron chi connectivity index (χ4n) is 4.27. The molecule has 2 unspecified atom stereocenters. The molecule has 0 spiro atoms. The van der Waals surface area contributed by atoms with Crippen LogP contribution in [0.5, 0.6) is 5.75 Å². The Bertz CT molecular complexity index is 1280. The third kappa shape index (κ3) is 2.24. The van der Waals surface area contributed by atoms with Crippen molar-refractivity contribution in [3.05, 3.63) is 89.5 Å². The van der Waals surface area contributed by atoms with Gasteiger partial charge in [-0.15, -0.1) is 11.3 Å². The Kier molecular flexibility index (Phi) is 3.29. The molecular formula is C24H15ClOS. The molecule has 2 heterocycles. The van der Waals surface area contributed by atoms with Gasteiger partial charge in [-0.25, -0.2) is 0 Å². The molecule has 1 nitrogen and oxygen atoms in total. The minimum atomic E-state index is 0.0591. The van der Waals surface area contributed by atoms with E-state index in [9.17, 15) is 0 Å². The number of hydrogen-bond acceptors (Lipinski definition) is 2. The lowest BCUT2D eigenvalue weighted by Gasteiger charge is -2.14. The van der Waals surface area contributed by atoms with Gasteiger partial charge in [0.25, 0.3) is 0 Å².